The highest BCUT2D eigenvalue weighted by atomic mass is 16.4. The zero-order chi connectivity index (χ0) is 15.3. The average Bonchev–Trinajstić information content (AvgIpc) is 2.84. The van der Waals surface area contributed by atoms with Gasteiger partial charge in [0.1, 0.15) is 17.7 Å². The highest BCUT2D eigenvalue weighted by Crippen LogP contribution is 2.09. The molecule has 0 aliphatic heterocycles. The van der Waals surface area contributed by atoms with E-state index in [0.717, 1.165) is 0 Å². The summed E-state index contributed by atoms with van der Waals surface area (Å²) in [6.45, 7) is 7.26. The van der Waals surface area contributed by atoms with Gasteiger partial charge < -0.3 is 15.7 Å². The van der Waals surface area contributed by atoms with E-state index < -0.39 is 17.5 Å². The Kier molecular flexibility index (Phi) is 5.06. The number of hydrogen-bond acceptors (Lipinski definition) is 4. The maximum Gasteiger partial charge on any atom is 0.329 e. The molecule has 3 N–H and O–H groups in total. The molecule has 2 amide bonds. The molecule has 0 saturated carbocycles. The van der Waals surface area contributed by atoms with E-state index in [1.807, 2.05) is 13.8 Å². The number of aliphatic carboxylic acids is 1. The van der Waals surface area contributed by atoms with Crippen molar-refractivity contribution in [3.8, 4) is 0 Å². The molecular weight excluding hydrogens is 262 g/mol. The smallest absolute Gasteiger partial charge is 0.329 e. The van der Waals surface area contributed by atoms with E-state index in [1.165, 1.54) is 13.3 Å². The van der Waals surface area contributed by atoms with Crippen molar-refractivity contribution in [2.75, 3.05) is 0 Å². The van der Waals surface area contributed by atoms with Crippen LogP contribution in [0, 0.1) is 0 Å². The Labute approximate surface area is 117 Å². The van der Waals surface area contributed by atoms with Crippen LogP contribution in [-0.4, -0.2) is 37.4 Å². The molecule has 1 aromatic rings. The van der Waals surface area contributed by atoms with Crippen LogP contribution in [0.1, 0.15) is 46.0 Å². The quantitative estimate of drug-likeness (QED) is 0.719. The lowest BCUT2D eigenvalue weighted by Gasteiger charge is -2.24. The van der Waals surface area contributed by atoms with Gasteiger partial charge in [0.25, 0.3) is 0 Å². The lowest BCUT2D eigenvalue weighted by Crippen LogP contribution is -2.54. The second kappa shape index (κ2) is 6.36. The minimum absolute atomic E-state index is 0.136. The van der Waals surface area contributed by atoms with Crippen LogP contribution in [-0.2, 0) is 11.3 Å². The predicted molar refractivity (Wildman–Crippen MR) is 72.1 cm³/mol. The third-order valence-electron chi connectivity index (χ3n) is 3.11. The lowest BCUT2D eigenvalue weighted by molar-refractivity contribution is -0.143. The van der Waals surface area contributed by atoms with Crippen molar-refractivity contribution in [2.24, 2.45) is 0 Å². The molecule has 1 rings (SSSR count). The van der Waals surface area contributed by atoms with Crippen molar-refractivity contribution in [3.63, 3.8) is 0 Å². The predicted octanol–water partition coefficient (Wildman–Crippen LogP) is 0.911. The van der Waals surface area contributed by atoms with E-state index in [4.69, 9.17) is 5.11 Å². The minimum Gasteiger partial charge on any atom is -0.480 e. The van der Waals surface area contributed by atoms with Crippen LogP contribution in [0.3, 0.4) is 0 Å². The maximum absolute atomic E-state index is 11.8. The number of carbonyl (C=O) groups is 2. The van der Waals surface area contributed by atoms with Gasteiger partial charge in [-0.1, -0.05) is 6.92 Å². The Hall–Kier alpha value is -2.12. The summed E-state index contributed by atoms with van der Waals surface area (Å²) in [5.74, 6) is -0.454. The summed E-state index contributed by atoms with van der Waals surface area (Å²) < 4.78 is 1.69. The van der Waals surface area contributed by atoms with Gasteiger partial charge in [-0.2, -0.15) is 5.10 Å². The minimum atomic E-state index is -1.28. The topological polar surface area (TPSA) is 109 Å². The largest absolute Gasteiger partial charge is 0.480 e. The van der Waals surface area contributed by atoms with E-state index in [1.54, 1.807) is 11.6 Å². The van der Waals surface area contributed by atoms with Gasteiger partial charge in [0, 0.05) is 6.04 Å². The van der Waals surface area contributed by atoms with Crippen molar-refractivity contribution in [1.29, 1.82) is 0 Å². The molecule has 0 fully saturated rings. The first kappa shape index (κ1) is 15.9. The molecule has 1 unspecified atom stereocenters. The van der Waals surface area contributed by atoms with E-state index in [-0.39, 0.29) is 19.0 Å². The highest BCUT2D eigenvalue weighted by Gasteiger charge is 2.32. The summed E-state index contributed by atoms with van der Waals surface area (Å²) in [6.07, 6.45) is 1.71. The summed E-state index contributed by atoms with van der Waals surface area (Å²) in [7, 11) is 0. The fourth-order valence-electron chi connectivity index (χ4n) is 1.58. The van der Waals surface area contributed by atoms with Crippen LogP contribution >= 0.6 is 0 Å². The number of carboxylic acid groups (broad SMARTS) is 1. The molecule has 0 spiro atoms. The third kappa shape index (κ3) is 3.69. The number of rotatable bonds is 6. The van der Waals surface area contributed by atoms with Gasteiger partial charge in [0.05, 0.1) is 6.54 Å². The molecule has 20 heavy (non-hydrogen) atoms. The van der Waals surface area contributed by atoms with Gasteiger partial charge in [-0.3, -0.25) is 0 Å². The van der Waals surface area contributed by atoms with Crippen molar-refractivity contribution >= 4 is 12.0 Å². The summed E-state index contributed by atoms with van der Waals surface area (Å²) in [4.78, 5) is 26.9. The fourth-order valence-corrected chi connectivity index (χ4v) is 1.58. The van der Waals surface area contributed by atoms with Crippen LogP contribution in [0.2, 0.25) is 0 Å². The van der Waals surface area contributed by atoms with E-state index in [0.29, 0.717) is 5.82 Å². The molecule has 0 bridgehead atoms. The summed E-state index contributed by atoms with van der Waals surface area (Å²) in [6, 6.07) is -0.410. The average molecular weight is 283 g/mol. The monoisotopic (exact) mass is 283 g/mol. The fraction of sp³-hybridized carbons (Fsp3) is 0.667. The van der Waals surface area contributed by atoms with Gasteiger partial charge in [0.15, 0.2) is 0 Å². The first-order chi connectivity index (χ1) is 9.30. The Balaban J connectivity index is 2.60. The number of nitrogens with zero attached hydrogens (tertiary/aromatic N) is 3. The molecule has 8 heteroatoms. The molecule has 1 aromatic heterocycles. The Morgan fingerprint density at radius 2 is 2.15 bits per heavy atom. The van der Waals surface area contributed by atoms with Gasteiger partial charge >= 0.3 is 12.0 Å². The third-order valence-corrected chi connectivity index (χ3v) is 3.11. The van der Waals surface area contributed by atoms with E-state index in [9.17, 15) is 9.59 Å². The molecule has 0 radical (unpaired) electrons. The molecule has 1 heterocycles. The zero-order valence-corrected chi connectivity index (χ0v) is 12.2. The van der Waals surface area contributed by atoms with Crippen molar-refractivity contribution in [2.45, 2.75) is 52.2 Å². The highest BCUT2D eigenvalue weighted by molar-refractivity contribution is 5.85. The number of amides is 2. The lowest BCUT2D eigenvalue weighted by atomic mass is 10.00. The zero-order valence-electron chi connectivity index (χ0n) is 12.2. The molecule has 8 nitrogen and oxygen atoms in total. The van der Waals surface area contributed by atoms with Crippen molar-refractivity contribution < 1.29 is 14.7 Å². The summed E-state index contributed by atoms with van der Waals surface area (Å²) >= 11 is 0. The molecule has 0 aliphatic rings. The summed E-state index contributed by atoms with van der Waals surface area (Å²) in [5.41, 5.74) is -1.28. The number of urea groups is 1. The van der Waals surface area contributed by atoms with Gasteiger partial charge in [-0.25, -0.2) is 19.3 Å². The van der Waals surface area contributed by atoms with Gasteiger partial charge in [0.2, 0.25) is 0 Å². The van der Waals surface area contributed by atoms with Crippen LogP contribution in [0.5, 0.6) is 0 Å². The molecule has 1 atom stereocenters. The van der Waals surface area contributed by atoms with Crippen LogP contribution < -0.4 is 10.6 Å². The van der Waals surface area contributed by atoms with Crippen LogP contribution in [0.25, 0.3) is 0 Å². The Bertz CT molecular complexity index is 485. The molecular formula is C12H21N5O3. The number of nitrogens with one attached hydrogen (secondary N) is 2. The Morgan fingerprint density at radius 1 is 1.50 bits per heavy atom. The van der Waals surface area contributed by atoms with Crippen molar-refractivity contribution in [3.05, 3.63) is 12.2 Å². The molecule has 112 valence electrons. The Morgan fingerprint density at radius 3 is 2.65 bits per heavy atom. The van der Waals surface area contributed by atoms with Crippen LogP contribution in [0.15, 0.2) is 6.33 Å². The second-order valence-electron chi connectivity index (χ2n) is 5.01. The SMILES string of the molecule is CCC(C)(NC(=O)NCc1ncnn1C(C)C)C(=O)O. The second-order valence-corrected chi connectivity index (χ2v) is 5.01. The first-order valence-corrected chi connectivity index (χ1v) is 6.48. The van der Waals surface area contributed by atoms with E-state index in [2.05, 4.69) is 20.7 Å². The standard InChI is InChI=1S/C12H21N5O3/c1-5-12(4,10(18)19)16-11(20)13-6-9-14-7-15-17(9)8(2)3/h7-8H,5-6H2,1-4H3,(H,18,19)(H2,13,16,20). The summed E-state index contributed by atoms with van der Waals surface area (Å²) in [5, 5.41) is 18.2. The maximum atomic E-state index is 11.8. The number of carbonyl (C=O) groups excluding carboxylic acids is 1. The normalized spacial score (nSPS) is 13.8. The number of hydrogen-bond donors (Lipinski definition) is 3. The van der Waals surface area contributed by atoms with Crippen molar-refractivity contribution in [1.82, 2.24) is 25.4 Å². The number of aromatic nitrogens is 3. The number of carboxylic acids is 1. The molecule has 0 aromatic carbocycles. The first-order valence-electron chi connectivity index (χ1n) is 6.48. The van der Waals surface area contributed by atoms with E-state index >= 15 is 0 Å². The van der Waals surface area contributed by atoms with Gasteiger partial charge in [-0.05, 0) is 27.2 Å². The molecule has 0 saturated heterocycles. The molecule has 0 aliphatic carbocycles. The van der Waals surface area contributed by atoms with Gasteiger partial charge in [-0.15, -0.1) is 0 Å². The van der Waals surface area contributed by atoms with Crippen LogP contribution in [0.4, 0.5) is 4.79 Å².